The van der Waals surface area contributed by atoms with Crippen LogP contribution < -0.4 is 20.1 Å². The van der Waals surface area contributed by atoms with Crippen molar-refractivity contribution in [2.45, 2.75) is 31.6 Å². The third-order valence-corrected chi connectivity index (χ3v) is 6.49. The number of hydrogen-bond donors (Lipinski definition) is 2. The Labute approximate surface area is 185 Å². The lowest BCUT2D eigenvalue weighted by molar-refractivity contribution is 0.0169. The van der Waals surface area contributed by atoms with Gasteiger partial charge in [0, 0.05) is 30.9 Å². The molecule has 1 atom stereocenters. The Hall–Kier alpha value is -1.64. The molecule has 0 aliphatic carbocycles. The van der Waals surface area contributed by atoms with Gasteiger partial charge < -0.3 is 24.8 Å². The van der Waals surface area contributed by atoms with Gasteiger partial charge in [-0.1, -0.05) is 6.07 Å². The topological polar surface area (TPSA) is 67.4 Å². The van der Waals surface area contributed by atoms with Crippen molar-refractivity contribution in [3.05, 3.63) is 23.8 Å². The standard InChI is InChI=1S/C22H38N4O3S/c1-7-23-21(25-16-22(2,3)30-6)24-15-18(26-10-12-29-13-11-26)17-8-9-19(27-4)20(14-17)28-5/h8-9,14,18H,7,10-13,15-16H2,1-6H3,(H2,23,24,25). The van der Waals surface area contributed by atoms with Crippen molar-refractivity contribution in [2.24, 2.45) is 4.99 Å². The van der Waals surface area contributed by atoms with Gasteiger partial charge in [0.15, 0.2) is 17.5 Å². The summed E-state index contributed by atoms with van der Waals surface area (Å²) in [5.41, 5.74) is 1.18. The molecule has 7 nitrogen and oxygen atoms in total. The van der Waals surface area contributed by atoms with Gasteiger partial charge >= 0.3 is 0 Å². The van der Waals surface area contributed by atoms with E-state index in [0.717, 1.165) is 63.4 Å². The van der Waals surface area contributed by atoms with Gasteiger partial charge in [-0.3, -0.25) is 9.89 Å². The van der Waals surface area contributed by atoms with Gasteiger partial charge in [0.25, 0.3) is 0 Å². The van der Waals surface area contributed by atoms with Gasteiger partial charge in [0.1, 0.15) is 0 Å². The Morgan fingerprint density at radius 2 is 1.90 bits per heavy atom. The number of nitrogens with zero attached hydrogens (tertiary/aromatic N) is 2. The molecular formula is C22H38N4O3S. The Balaban J connectivity index is 2.21. The van der Waals surface area contributed by atoms with Gasteiger partial charge in [-0.2, -0.15) is 11.8 Å². The molecule has 1 heterocycles. The highest BCUT2D eigenvalue weighted by Gasteiger charge is 2.24. The van der Waals surface area contributed by atoms with Crippen LogP contribution in [-0.2, 0) is 4.74 Å². The number of hydrogen-bond acceptors (Lipinski definition) is 6. The normalized spacial score (nSPS) is 16.8. The molecule has 0 spiro atoms. The summed E-state index contributed by atoms with van der Waals surface area (Å²) in [6, 6.07) is 6.33. The Morgan fingerprint density at radius 1 is 1.20 bits per heavy atom. The van der Waals surface area contributed by atoms with Crippen molar-refractivity contribution in [1.29, 1.82) is 0 Å². The zero-order valence-electron chi connectivity index (χ0n) is 19.3. The van der Waals surface area contributed by atoms with Crippen LogP contribution in [0.3, 0.4) is 0 Å². The van der Waals surface area contributed by atoms with E-state index in [-0.39, 0.29) is 10.8 Å². The molecular weight excluding hydrogens is 400 g/mol. The van der Waals surface area contributed by atoms with Gasteiger partial charge in [-0.25, -0.2) is 0 Å². The fourth-order valence-corrected chi connectivity index (χ4v) is 3.47. The van der Waals surface area contributed by atoms with E-state index in [1.165, 1.54) is 5.56 Å². The monoisotopic (exact) mass is 438 g/mol. The lowest BCUT2D eigenvalue weighted by atomic mass is 10.0. The zero-order chi connectivity index (χ0) is 22.0. The smallest absolute Gasteiger partial charge is 0.191 e. The second kappa shape index (κ2) is 12.3. The molecule has 0 aromatic heterocycles. The second-order valence-electron chi connectivity index (χ2n) is 7.82. The molecule has 2 N–H and O–H groups in total. The van der Waals surface area contributed by atoms with Crippen LogP contribution in [0.5, 0.6) is 11.5 Å². The van der Waals surface area contributed by atoms with E-state index in [1.54, 1.807) is 14.2 Å². The maximum absolute atomic E-state index is 5.57. The summed E-state index contributed by atoms with van der Waals surface area (Å²) < 4.78 is 16.6. The van der Waals surface area contributed by atoms with Crippen LogP contribution in [0, 0.1) is 0 Å². The number of ether oxygens (including phenoxy) is 3. The summed E-state index contributed by atoms with van der Waals surface area (Å²) >= 11 is 1.83. The van der Waals surface area contributed by atoms with Crippen LogP contribution in [0.1, 0.15) is 32.4 Å². The van der Waals surface area contributed by atoms with Gasteiger partial charge in [-0.15, -0.1) is 0 Å². The maximum atomic E-state index is 5.57. The summed E-state index contributed by atoms with van der Waals surface area (Å²) in [5, 5.41) is 6.93. The molecule has 1 aliphatic rings. The summed E-state index contributed by atoms with van der Waals surface area (Å²) in [4.78, 5) is 7.27. The first-order chi connectivity index (χ1) is 14.4. The van der Waals surface area contributed by atoms with Crippen molar-refractivity contribution in [3.63, 3.8) is 0 Å². The molecule has 1 fully saturated rings. The summed E-state index contributed by atoms with van der Waals surface area (Å²) in [7, 11) is 3.33. The van der Waals surface area contributed by atoms with Crippen molar-refractivity contribution in [3.8, 4) is 11.5 Å². The quantitative estimate of drug-likeness (QED) is 0.430. The lowest BCUT2D eigenvalue weighted by Gasteiger charge is -2.35. The average Bonchev–Trinajstić information content (AvgIpc) is 2.78. The first kappa shape index (κ1) is 24.6. The third kappa shape index (κ3) is 7.25. The minimum atomic E-state index is 0.106. The largest absolute Gasteiger partial charge is 0.493 e. The molecule has 0 amide bonds. The first-order valence-corrected chi connectivity index (χ1v) is 11.8. The van der Waals surface area contributed by atoms with Crippen LogP contribution in [0.2, 0.25) is 0 Å². The molecule has 1 aromatic rings. The predicted molar refractivity (Wildman–Crippen MR) is 126 cm³/mol. The fourth-order valence-electron chi connectivity index (χ4n) is 3.28. The van der Waals surface area contributed by atoms with E-state index < -0.39 is 0 Å². The number of rotatable bonds is 10. The van der Waals surface area contributed by atoms with Gasteiger partial charge in [0.05, 0.1) is 40.0 Å². The molecule has 1 saturated heterocycles. The molecule has 1 unspecified atom stereocenters. The van der Waals surface area contributed by atoms with Crippen molar-refractivity contribution >= 4 is 17.7 Å². The van der Waals surface area contributed by atoms with Gasteiger partial charge in [0.2, 0.25) is 0 Å². The third-order valence-electron chi connectivity index (χ3n) is 5.26. The summed E-state index contributed by atoms with van der Waals surface area (Å²) in [6.45, 7) is 12.1. The van der Waals surface area contributed by atoms with Crippen LogP contribution in [-0.4, -0.2) is 82.0 Å². The number of methoxy groups -OCH3 is 2. The minimum absolute atomic E-state index is 0.106. The van der Waals surface area contributed by atoms with Crippen molar-refractivity contribution in [1.82, 2.24) is 15.5 Å². The molecule has 0 saturated carbocycles. The van der Waals surface area contributed by atoms with Crippen LogP contribution >= 0.6 is 11.8 Å². The van der Waals surface area contributed by atoms with E-state index >= 15 is 0 Å². The van der Waals surface area contributed by atoms with Crippen LogP contribution in [0.25, 0.3) is 0 Å². The highest BCUT2D eigenvalue weighted by atomic mass is 32.2. The van der Waals surface area contributed by atoms with E-state index in [1.807, 2.05) is 17.8 Å². The molecule has 0 radical (unpaired) electrons. The molecule has 30 heavy (non-hydrogen) atoms. The van der Waals surface area contributed by atoms with E-state index in [4.69, 9.17) is 19.2 Å². The lowest BCUT2D eigenvalue weighted by Crippen LogP contribution is -2.46. The predicted octanol–water partition coefficient (Wildman–Crippen LogP) is 2.77. The fraction of sp³-hybridized carbons (Fsp3) is 0.682. The molecule has 170 valence electrons. The van der Waals surface area contributed by atoms with E-state index in [9.17, 15) is 0 Å². The number of nitrogens with one attached hydrogen (secondary N) is 2. The second-order valence-corrected chi connectivity index (χ2v) is 9.33. The first-order valence-electron chi connectivity index (χ1n) is 10.5. The number of benzene rings is 1. The van der Waals surface area contributed by atoms with E-state index in [0.29, 0.717) is 0 Å². The van der Waals surface area contributed by atoms with Crippen LogP contribution in [0.4, 0.5) is 0 Å². The number of thioether (sulfide) groups is 1. The van der Waals surface area contributed by atoms with Gasteiger partial charge in [-0.05, 0) is 44.7 Å². The highest BCUT2D eigenvalue weighted by molar-refractivity contribution is 7.99. The SMILES string of the molecule is CCNC(=NCC(C)(C)SC)NCC(c1ccc(OC)c(OC)c1)N1CCOCC1. The van der Waals surface area contributed by atoms with Crippen molar-refractivity contribution < 1.29 is 14.2 Å². The minimum Gasteiger partial charge on any atom is -0.493 e. The Kier molecular flexibility index (Phi) is 10.1. The number of guanidine groups is 1. The molecule has 0 bridgehead atoms. The van der Waals surface area contributed by atoms with E-state index in [2.05, 4.69) is 54.7 Å². The molecule has 8 heteroatoms. The maximum Gasteiger partial charge on any atom is 0.191 e. The molecule has 1 aromatic carbocycles. The zero-order valence-corrected chi connectivity index (χ0v) is 20.1. The average molecular weight is 439 g/mol. The van der Waals surface area contributed by atoms with Crippen LogP contribution in [0.15, 0.2) is 23.2 Å². The highest BCUT2D eigenvalue weighted by Crippen LogP contribution is 2.32. The Bertz CT molecular complexity index is 678. The summed E-state index contributed by atoms with van der Waals surface area (Å²) in [5.74, 6) is 2.33. The Morgan fingerprint density at radius 3 is 2.50 bits per heavy atom. The molecule has 1 aliphatic heterocycles. The number of aliphatic imine (C=N–C) groups is 1. The summed E-state index contributed by atoms with van der Waals surface area (Å²) in [6.07, 6.45) is 2.13. The molecule has 2 rings (SSSR count). The number of morpholine rings is 1. The van der Waals surface area contributed by atoms with Crippen molar-refractivity contribution in [2.75, 3.05) is 66.4 Å².